The normalized spacial score (nSPS) is 16.8. The highest BCUT2D eigenvalue weighted by atomic mass is 16.5. The molecular formula is C15H17N3O2. The van der Waals surface area contributed by atoms with Crippen molar-refractivity contribution in [3.8, 4) is 5.75 Å². The molecule has 0 amide bonds. The Morgan fingerprint density at radius 3 is 2.95 bits per heavy atom. The maximum atomic E-state index is 12.0. The minimum absolute atomic E-state index is 0.158. The summed E-state index contributed by atoms with van der Waals surface area (Å²) in [4.78, 5) is 19.2. The van der Waals surface area contributed by atoms with Crippen molar-refractivity contribution in [2.45, 2.75) is 32.3 Å². The summed E-state index contributed by atoms with van der Waals surface area (Å²) in [6.07, 6.45) is 1.93. The second-order valence-corrected chi connectivity index (χ2v) is 4.98. The third kappa shape index (κ3) is 2.15. The van der Waals surface area contributed by atoms with Crippen LogP contribution < -0.4 is 16.0 Å². The molecule has 104 valence electrons. The van der Waals surface area contributed by atoms with Gasteiger partial charge in [0.2, 0.25) is 0 Å². The quantitative estimate of drug-likeness (QED) is 0.894. The van der Waals surface area contributed by atoms with E-state index in [1.807, 2.05) is 31.2 Å². The van der Waals surface area contributed by atoms with Crippen LogP contribution in [0.3, 0.4) is 0 Å². The summed E-state index contributed by atoms with van der Waals surface area (Å²) in [6, 6.07) is 7.83. The third-order valence-electron chi connectivity index (χ3n) is 3.52. The van der Waals surface area contributed by atoms with Crippen LogP contribution in [0.2, 0.25) is 0 Å². The number of ether oxygens (including phenoxy) is 1. The number of H-pyrrole nitrogens is 1. The molecule has 5 nitrogen and oxygen atoms in total. The van der Waals surface area contributed by atoms with Crippen molar-refractivity contribution < 1.29 is 4.74 Å². The number of para-hydroxylation sites is 1. The molecule has 1 aromatic carbocycles. The van der Waals surface area contributed by atoms with Crippen molar-refractivity contribution in [3.05, 3.63) is 51.6 Å². The Kier molecular flexibility index (Phi) is 3.18. The van der Waals surface area contributed by atoms with Crippen molar-refractivity contribution in [2.75, 3.05) is 5.73 Å². The Labute approximate surface area is 116 Å². The number of nitrogens with zero attached hydrogens (tertiary/aromatic N) is 1. The standard InChI is InChI=1S/C15H17N3O2/c1-2-5-10-13(16)17-14(18-15(10)19)12-8-9-6-3-4-7-11(9)20-12/h3-4,6-7,12H,2,5,8H2,1H3,(H3,16,17,18,19). The average Bonchev–Trinajstić information content (AvgIpc) is 2.86. The molecule has 0 aliphatic carbocycles. The number of anilines is 1. The number of rotatable bonds is 3. The molecule has 0 saturated heterocycles. The minimum Gasteiger partial charge on any atom is -0.482 e. The zero-order valence-electron chi connectivity index (χ0n) is 11.3. The molecule has 3 rings (SSSR count). The Bertz CT molecular complexity index is 669. The van der Waals surface area contributed by atoms with E-state index in [9.17, 15) is 4.79 Å². The van der Waals surface area contributed by atoms with E-state index in [1.54, 1.807) is 0 Å². The van der Waals surface area contributed by atoms with Crippen LogP contribution in [0.4, 0.5) is 5.82 Å². The number of nitrogens with one attached hydrogen (secondary N) is 1. The van der Waals surface area contributed by atoms with Crippen LogP contribution in [0.15, 0.2) is 29.1 Å². The SMILES string of the molecule is CCCc1c(N)nc(C2Cc3ccccc3O2)[nH]c1=O. The first kappa shape index (κ1) is 12.7. The van der Waals surface area contributed by atoms with Gasteiger partial charge in [-0.3, -0.25) is 4.79 Å². The lowest BCUT2D eigenvalue weighted by molar-refractivity contribution is 0.227. The van der Waals surface area contributed by atoms with E-state index in [0.717, 1.165) is 17.7 Å². The van der Waals surface area contributed by atoms with Crippen molar-refractivity contribution in [1.82, 2.24) is 9.97 Å². The molecule has 1 aromatic heterocycles. The van der Waals surface area contributed by atoms with Crippen molar-refractivity contribution in [3.63, 3.8) is 0 Å². The number of benzene rings is 1. The van der Waals surface area contributed by atoms with Crippen LogP contribution in [0.25, 0.3) is 0 Å². The molecule has 20 heavy (non-hydrogen) atoms. The molecule has 1 atom stereocenters. The number of nitrogens with two attached hydrogens (primary N) is 1. The smallest absolute Gasteiger partial charge is 0.256 e. The van der Waals surface area contributed by atoms with Gasteiger partial charge in [-0.05, 0) is 18.1 Å². The fourth-order valence-corrected chi connectivity index (χ4v) is 2.51. The lowest BCUT2D eigenvalue weighted by atomic mass is 10.1. The van der Waals surface area contributed by atoms with Crippen LogP contribution in [-0.4, -0.2) is 9.97 Å². The third-order valence-corrected chi connectivity index (χ3v) is 3.52. The van der Waals surface area contributed by atoms with Crippen LogP contribution in [0.1, 0.15) is 36.4 Å². The molecule has 1 aliphatic rings. The van der Waals surface area contributed by atoms with E-state index >= 15 is 0 Å². The van der Waals surface area contributed by atoms with Gasteiger partial charge in [-0.2, -0.15) is 0 Å². The molecule has 0 fully saturated rings. The van der Waals surface area contributed by atoms with E-state index in [2.05, 4.69) is 9.97 Å². The average molecular weight is 271 g/mol. The van der Waals surface area contributed by atoms with Gasteiger partial charge in [0.25, 0.3) is 5.56 Å². The van der Waals surface area contributed by atoms with Crippen LogP contribution in [0, 0.1) is 0 Å². The highest BCUT2D eigenvalue weighted by Crippen LogP contribution is 2.34. The predicted octanol–water partition coefficient (Wildman–Crippen LogP) is 1.98. The molecule has 5 heteroatoms. The molecule has 0 spiro atoms. The second-order valence-electron chi connectivity index (χ2n) is 4.98. The molecule has 0 bridgehead atoms. The van der Waals surface area contributed by atoms with Crippen molar-refractivity contribution >= 4 is 5.82 Å². The Balaban J connectivity index is 1.92. The highest BCUT2D eigenvalue weighted by molar-refractivity contribution is 5.41. The summed E-state index contributed by atoms with van der Waals surface area (Å²) >= 11 is 0. The van der Waals surface area contributed by atoms with Gasteiger partial charge in [0.15, 0.2) is 11.9 Å². The number of fused-ring (bicyclic) bond motifs is 1. The molecule has 0 radical (unpaired) electrons. The van der Waals surface area contributed by atoms with Gasteiger partial charge < -0.3 is 15.5 Å². The highest BCUT2D eigenvalue weighted by Gasteiger charge is 2.26. The maximum absolute atomic E-state index is 12.0. The molecule has 1 unspecified atom stereocenters. The molecule has 1 aliphatic heterocycles. The van der Waals surface area contributed by atoms with E-state index in [4.69, 9.17) is 10.5 Å². The van der Waals surface area contributed by atoms with Crippen LogP contribution >= 0.6 is 0 Å². The fraction of sp³-hybridized carbons (Fsp3) is 0.333. The summed E-state index contributed by atoms with van der Waals surface area (Å²) in [5, 5.41) is 0. The van der Waals surface area contributed by atoms with Gasteiger partial charge in [-0.25, -0.2) is 4.98 Å². The maximum Gasteiger partial charge on any atom is 0.256 e. The Morgan fingerprint density at radius 2 is 2.25 bits per heavy atom. The number of hydrogen-bond donors (Lipinski definition) is 2. The molecule has 2 aromatic rings. The van der Waals surface area contributed by atoms with Crippen molar-refractivity contribution in [1.29, 1.82) is 0 Å². The predicted molar refractivity (Wildman–Crippen MR) is 76.8 cm³/mol. The largest absolute Gasteiger partial charge is 0.482 e. The van der Waals surface area contributed by atoms with Gasteiger partial charge >= 0.3 is 0 Å². The first-order valence-electron chi connectivity index (χ1n) is 6.82. The van der Waals surface area contributed by atoms with Gasteiger partial charge in [-0.1, -0.05) is 31.5 Å². The Morgan fingerprint density at radius 1 is 1.45 bits per heavy atom. The monoisotopic (exact) mass is 271 g/mol. The summed E-state index contributed by atoms with van der Waals surface area (Å²) in [6.45, 7) is 2.00. The van der Waals surface area contributed by atoms with Gasteiger partial charge in [-0.15, -0.1) is 0 Å². The first-order valence-corrected chi connectivity index (χ1v) is 6.82. The number of aromatic amines is 1. The van der Waals surface area contributed by atoms with E-state index in [0.29, 0.717) is 30.0 Å². The molecular weight excluding hydrogens is 254 g/mol. The minimum atomic E-state index is -0.266. The Hall–Kier alpha value is -2.30. The van der Waals surface area contributed by atoms with Gasteiger partial charge in [0, 0.05) is 6.42 Å². The van der Waals surface area contributed by atoms with Gasteiger partial charge in [0.05, 0.1) is 5.56 Å². The van der Waals surface area contributed by atoms with Crippen LogP contribution in [-0.2, 0) is 12.8 Å². The van der Waals surface area contributed by atoms with E-state index < -0.39 is 0 Å². The van der Waals surface area contributed by atoms with E-state index in [1.165, 1.54) is 0 Å². The molecule has 2 heterocycles. The summed E-state index contributed by atoms with van der Waals surface area (Å²) in [7, 11) is 0. The van der Waals surface area contributed by atoms with Crippen LogP contribution in [0.5, 0.6) is 5.75 Å². The lowest BCUT2D eigenvalue weighted by Crippen LogP contribution is -2.22. The molecule has 0 saturated carbocycles. The van der Waals surface area contributed by atoms with Gasteiger partial charge in [0.1, 0.15) is 11.6 Å². The van der Waals surface area contributed by atoms with Crippen molar-refractivity contribution in [2.24, 2.45) is 0 Å². The zero-order chi connectivity index (χ0) is 14.1. The number of aromatic nitrogens is 2. The van der Waals surface area contributed by atoms with E-state index in [-0.39, 0.29) is 11.7 Å². The first-order chi connectivity index (χ1) is 9.69. The molecule has 3 N–H and O–H groups in total. The number of nitrogen functional groups attached to an aromatic ring is 1. The zero-order valence-corrected chi connectivity index (χ0v) is 11.3. The number of hydrogen-bond acceptors (Lipinski definition) is 4. The summed E-state index contributed by atoms with van der Waals surface area (Å²) in [5.41, 5.74) is 7.42. The lowest BCUT2D eigenvalue weighted by Gasteiger charge is -2.11. The topological polar surface area (TPSA) is 81.0 Å². The fourth-order valence-electron chi connectivity index (χ4n) is 2.51. The summed E-state index contributed by atoms with van der Waals surface area (Å²) in [5.74, 6) is 1.66. The summed E-state index contributed by atoms with van der Waals surface area (Å²) < 4.78 is 5.81. The second kappa shape index (κ2) is 5.00.